The van der Waals surface area contributed by atoms with Crippen LogP contribution in [0, 0.1) is 11.8 Å². The molecule has 1 aliphatic heterocycles. The summed E-state index contributed by atoms with van der Waals surface area (Å²) in [6.07, 6.45) is 6.17. The fourth-order valence-electron chi connectivity index (χ4n) is 3.66. The van der Waals surface area contributed by atoms with Crippen molar-refractivity contribution in [2.75, 3.05) is 38.3 Å². The predicted molar refractivity (Wildman–Crippen MR) is 80.9 cm³/mol. The largest absolute Gasteiger partial charge is 0.383 e. The molecule has 0 bridgehead atoms. The average Bonchev–Trinajstić information content (AvgIpc) is 3.05. The third kappa shape index (κ3) is 2.96. The highest BCUT2D eigenvalue weighted by Crippen LogP contribution is 2.39. The van der Waals surface area contributed by atoms with E-state index in [9.17, 15) is 0 Å². The van der Waals surface area contributed by atoms with Crippen molar-refractivity contribution in [1.29, 1.82) is 0 Å². The zero-order chi connectivity index (χ0) is 13.8. The van der Waals surface area contributed by atoms with E-state index >= 15 is 0 Å². The van der Waals surface area contributed by atoms with Gasteiger partial charge in [0.2, 0.25) is 0 Å². The van der Waals surface area contributed by atoms with Crippen LogP contribution < -0.4 is 10.2 Å². The molecule has 0 spiro atoms. The predicted octanol–water partition coefficient (Wildman–Crippen LogP) is 2.05. The van der Waals surface area contributed by atoms with Crippen LogP contribution in [0.25, 0.3) is 0 Å². The van der Waals surface area contributed by atoms with Gasteiger partial charge in [-0.05, 0) is 30.7 Å². The van der Waals surface area contributed by atoms with E-state index in [2.05, 4.69) is 21.3 Å². The van der Waals surface area contributed by atoms with Crippen LogP contribution in [-0.2, 0) is 11.3 Å². The van der Waals surface area contributed by atoms with E-state index in [1.807, 2.05) is 12.3 Å². The highest BCUT2D eigenvalue weighted by Gasteiger charge is 2.36. The first-order valence-electron chi connectivity index (χ1n) is 7.77. The van der Waals surface area contributed by atoms with Gasteiger partial charge < -0.3 is 15.0 Å². The first kappa shape index (κ1) is 13.8. The van der Waals surface area contributed by atoms with Crippen LogP contribution in [0.1, 0.15) is 24.8 Å². The molecule has 3 rings (SSSR count). The van der Waals surface area contributed by atoms with Crippen molar-refractivity contribution in [3.8, 4) is 0 Å². The molecule has 4 nitrogen and oxygen atoms in total. The second-order valence-electron chi connectivity index (χ2n) is 6.01. The lowest BCUT2D eigenvalue weighted by Crippen LogP contribution is -2.25. The van der Waals surface area contributed by atoms with Gasteiger partial charge in [-0.25, -0.2) is 4.98 Å². The first-order chi connectivity index (χ1) is 9.88. The number of ether oxygens (including phenoxy) is 1. The van der Waals surface area contributed by atoms with Gasteiger partial charge in [-0.3, -0.25) is 0 Å². The third-order valence-corrected chi connectivity index (χ3v) is 4.69. The van der Waals surface area contributed by atoms with Crippen LogP contribution in [-0.4, -0.2) is 38.3 Å². The molecule has 1 aliphatic carbocycles. The summed E-state index contributed by atoms with van der Waals surface area (Å²) in [6, 6.07) is 4.23. The molecule has 4 heteroatoms. The number of anilines is 1. The van der Waals surface area contributed by atoms with Crippen LogP contribution in [0.3, 0.4) is 0 Å². The molecule has 2 unspecified atom stereocenters. The zero-order valence-electron chi connectivity index (χ0n) is 12.3. The Morgan fingerprint density at radius 3 is 2.90 bits per heavy atom. The summed E-state index contributed by atoms with van der Waals surface area (Å²) in [5.41, 5.74) is 1.31. The summed E-state index contributed by atoms with van der Waals surface area (Å²) < 4.78 is 5.07. The molecule has 0 radical (unpaired) electrons. The minimum absolute atomic E-state index is 0.753. The number of aromatic nitrogens is 1. The average molecular weight is 275 g/mol. The number of hydrogen-bond donors (Lipinski definition) is 1. The van der Waals surface area contributed by atoms with Crippen LogP contribution in [0.15, 0.2) is 18.3 Å². The first-order valence-corrected chi connectivity index (χ1v) is 7.77. The van der Waals surface area contributed by atoms with Crippen molar-refractivity contribution in [2.45, 2.75) is 25.8 Å². The number of fused-ring (bicyclic) bond motifs is 1. The number of nitrogens with zero attached hydrogens (tertiary/aromatic N) is 2. The van der Waals surface area contributed by atoms with E-state index in [1.54, 1.807) is 7.11 Å². The maximum atomic E-state index is 5.07. The Morgan fingerprint density at radius 2 is 2.15 bits per heavy atom. The lowest BCUT2D eigenvalue weighted by atomic mass is 10.0. The van der Waals surface area contributed by atoms with Gasteiger partial charge >= 0.3 is 0 Å². The van der Waals surface area contributed by atoms with Crippen molar-refractivity contribution in [3.63, 3.8) is 0 Å². The minimum Gasteiger partial charge on any atom is -0.383 e. The van der Waals surface area contributed by atoms with Gasteiger partial charge in [0.25, 0.3) is 0 Å². The van der Waals surface area contributed by atoms with Crippen LogP contribution in [0.5, 0.6) is 0 Å². The number of methoxy groups -OCH3 is 1. The second-order valence-corrected chi connectivity index (χ2v) is 6.01. The second kappa shape index (κ2) is 6.55. The van der Waals surface area contributed by atoms with Gasteiger partial charge in [0.1, 0.15) is 5.82 Å². The van der Waals surface area contributed by atoms with Gasteiger partial charge in [-0.2, -0.15) is 0 Å². The topological polar surface area (TPSA) is 37.4 Å². The zero-order valence-corrected chi connectivity index (χ0v) is 12.3. The van der Waals surface area contributed by atoms with E-state index in [-0.39, 0.29) is 0 Å². The SMILES string of the molecule is COCCNCc1cccnc1N1CC2CCCC2C1. The summed E-state index contributed by atoms with van der Waals surface area (Å²) in [7, 11) is 1.74. The summed E-state index contributed by atoms with van der Waals surface area (Å²) in [4.78, 5) is 7.14. The van der Waals surface area contributed by atoms with Crippen molar-refractivity contribution in [3.05, 3.63) is 23.9 Å². The maximum Gasteiger partial charge on any atom is 0.133 e. The Bertz CT molecular complexity index is 425. The molecular weight excluding hydrogens is 250 g/mol. The van der Waals surface area contributed by atoms with Crippen molar-refractivity contribution < 1.29 is 4.74 Å². The Kier molecular flexibility index (Phi) is 4.53. The highest BCUT2D eigenvalue weighted by molar-refractivity contribution is 5.48. The van der Waals surface area contributed by atoms with Crippen LogP contribution >= 0.6 is 0 Å². The minimum atomic E-state index is 0.753. The molecule has 2 atom stereocenters. The third-order valence-electron chi connectivity index (χ3n) is 4.69. The van der Waals surface area contributed by atoms with E-state index < -0.39 is 0 Å². The molecule has 1 N–H and O–H groups in total. The van der Waals surface area contributed by atoms with E-state index in [1.165, 1.54) is 43.7 Å². The summed E-state index contributed by atoms with van der Waals surface area (Å²) >= 11 is 0. The monoisotopic (exact) mass is 275 g/mol. The van der Waals surface area contributed by atoms with Gasteiger partial charge in [0.15, 0.2) is 0 Å². The molecule has 110 valence electrons. The number of rotatable bonds is 6. The molecular formula is C16H25N3O. The smallest absolute Gasteiger partial charge is 0.133 e. The Morgan fingerprint density at radius 1 is 1.35 bits per heavy atom. The van der Waals surface area contributed by atoms with Crippen LogP contribution in [0.4, 0.5) is 5.82 Å². The Labute approximate surface area is 121 Å². The number of hydrogen-bond acceptors (Lipinski definition) is 4. The molecule has 1 aromatic heterocycles. The molecule has 2 fully saturated rings. The lowest BCUT2D eigenvalue weighted by Gasteiger charge is -2.21. The maximum absolute atomic E-state index is 5.07. The van der Waals surface area contributed by atoms with Crippen LogP contribution in [0.2, 0.25) is 0 Å². The standard InChI is InChI=1S/C16H25N3O/c1-20-9-8-17-10-13-6-3-7-18-16(13)19-11-14-4-2-5-15(14)12-19/h3,6-7,14-15,17H,2,4-5,8-12H2,1H3. The molecule has 2 aliphatic rings. The molecule has 0 amide bonds. The fourth-order valence-corrected chi connectivity index (χ4v) is 3.66. The van der Waals surface area contributed by atoms with Gasteiger partial charge in [0, 0.05) is 45.0 Å². The molecule has 1 saturated carbocycles. The summed E-state index contributed by atoms with van der Waals surface area (Å²) in [5.74, 6) is 3.00. The molecule has 0 aromatic carbocycles. The number of nitrogens with one attached hydrogen (secondary N) is 1. The van der Waals surface area contributed by atoms with Crippen molar-refractivity contribution >= 4 is 5.82 Å². The van der Waals surface area contributed by atoms with E-state index in [0.29, 0.717) is 0 Å². The van der Waals surface area contributed by atoms with E-state index in [0.717, 1.165) is 31.5 Å². The van der Waals surface area contributed by atoms with E-state index in [4.69, 9.17) is 4.74 Å². The molecule has 1 aromatic rings. The van der Waals surface area contributed by atoms with Gasteiger partial charge in [-0.1, -0.05) is 12.5 Å². The number of pyridine rings is 1. The quantitative estimate of drug-likeness (QED) is 0.806. The highest BCUT2D eigenvalue weighted by atomic mass is 16.5. The lowest BCUT2D eigenvalue weighted by molar-refractivity contribution is 0.199. The Balaban J connectivity index is 1.64. The molecule has 20 heavy (non-hydrogen) atoms. The molecule has 1 saturated heterocycles. The summed E-state index contributed by atoms with van der Waals surface area (Å²) in [5, 5.41) is 3.43. The van der Waals surface area contributed by atoms with Crippen molar-refractivity contribution in [2.24, 2.45) is 11.8 Å². The fraction of sp³-hybridized carbons (Fsp3) is 0.688. The Hall–Kier alpha value is -1.13. The van der Waals surface area contributed by atoms with Gasteiger partial charge in [0.05, 0.1) is 6.61 Å². The summed E-state index contributed by atoms with van der Waals surface area (Å²) in [6.45, 7) is 4.91. The van der Waals surface area contributed by atoms with Gasteiger partial charge in [-0.15, -0.1) is 0 Å². The van der Waals surface area contributed by atoms with Crippen molar-refractivity contribution in [1.82, 2.24) is 10.3 Å². The normalized spacial score (nSPS) is 25.1. The molecule has 2 heterocycles.